The second kappa shape index (κ2) is 9.18. The zero-order valence-corrected chi connectivity index (χ0v) is 19.9. The molecule has 7 heteroatoms. The Kier molecular flexibility index (Phi) is 5.95. The van der Waals surface area contributed by atoms with Gasteiger partial charge in [0.05, 0.1) is 12.3 Å². The number of rotatable bonds is 5. The second-order valence-electron chi connectivity index (χ2n) is 7.29. The SMILES string of the molecule is [O-]c1on[n+](-c2ccccc2N=P(c2ccccc2)(c2ccccc2)c2ccccc2)c1Br. The van der Waals surface area contributed by atoms with Crippen LogP contribution in [0.4, 0.5) is 5.69 Å². The van der Waals surface area contributed by atoms with Crippen molar-refractivity contribution in [2.24, 2.45) is 4.74 Å². The summed E-state index contributed by atoms with van der Waals surface area (Å²) in [4.78, 5) is 0. The topological polar surface area (TPSA) is 65.3 Å². The minimum Gasteiger partial charge on any atom is -0.538 e. The average Bonchev–Trinajstić information content (AvgIpc) is 3.22. The maximum atomic E-state index is 12.0. The van der Waals surface area contributed by atoms with Crippen LogP contribution in [0.5, 0.6) is 5.95 Å². The highest BCUT2D eigenvalue weighted by molar-refractivity contribution is 9.10. The summed E-state index contributed by atoms with van der Waals surface area (Å²) in [5, 5.41) is 19.3. The van der Waals surface area contributed by atoms with Gasteiger partial charge < -0.3 is 9.63 Å². The van der Waals surface area contributed by atoms with Crippen LogP contribution in [0.2, 0.25) is 0 Å². The lowest BCUT2D eigenvalue weighted by Gasteiger charge is -2.26. The molecule has 0 fully saturated rings. The van der Waals surface area contributed by atoms with E-state index in [1.165, 1.54) is 4.68 Å². The van der Waals surface area contributed by atoms with E-state index in [9.17, 15) is 5.11 Å². The zero-order valence-electron chi connectivity index (χ0n) is 17.5. The monoisotopic (exact) mass is 515 g/mol. The number of para-hydroxylation sites is 1. The maximum Gasteiger partial charge on any atom is 0.305 e. The standard InChI is InChI=1S/C26H19BrN3O2P/c27-25-26(31)32-29-30(25)24-19-11-10-18-23(24)28-33(20-12-4-1-5-13-20,21-14-6-2-7-15-21)22-16-8-3-9-17-22/h1-19H. The fourth-order valence-electron chi connectivity index (χ4n) is 3.83. The smallest absolute Gasteiger partial charge is 0.305 e. The number of aromatic nitrogens is 2. The van der Waals surface area contributed by atoms with E-state index in [4.69, 9.17) is 9.27 Å². The summed E-state index contributed by atoms with van der Waals surface area (Å²) in [6.45, 7) is 0. The number of nitrogens with zero attached hydrogens (tertiary/aromatic N) is 3. The van der Waals surface area contributed by atoms with Crippen molar-refractivity contribution < 1.29 is 14.3 Å². The fourth-order valence-corrected chi connectivity index (χ4v) is 7.70. The van der Waals surface area contributed by atoms with Crippen LogP contribution in [0.25, 0.3) is 5.69 Å². The van der Waals surface area contributed by atoms with E-state index in [1.54, 1.807) is 0 Å². The van der Waals surface area contributed by atoms with Gasteiger partial charge in [-0.2, -0.15) is 0 Å². The predicted octanol–water partition coefficient (Wildman–Crippen LogP) is 4.60. The van der Waals surface area contributed by atoms with Crippen molar-refractivity contribution in [1.29, 1.82) is 0 Å². The third-order valence-electron chi connectivity index (χ3n) is 5.32. The molecular weight excluding hydrogens is 497 g/mol. The molecule has 5 aromatic rings. The average molecular weight is 516 g/mol. The van der Waals surface area contributed by atoms with Crippen LogP contribution in [0.1, 0.15) is 0 Å². The number of benzene rings is 4. The highest BCUT2D eigenvalue weighted by atomic mass is 79.9. The zero-order chi connectivity index (χ0) is 22.7. The summed E-state index contributed by atoms with van der Waals surface area (Å²) in [6.07, 6.45) is 0. The van der Waals surface area contributed by atoms with Crippen molar-refractivity contribution in [2.75, 3.05) is 0 Å². The molecule has 5 rings (SSSR count). The first-order valence-electron chi connectivity index (χ1n) is 10.3. The molecule has 0 saturated heterocycles. The second-order valence-corrected chi connectivity index (χ2v) is 11.1. The van der Waals surface area contributed by atoms with E-state index in [1.807, 2.05) is 78.9 Å². The van der Waals surface area contributed by atoms with E-state index >= 15 is 0 Å². The van der Waals surface area contributed by atoms with Gasteiger partial charge in [-0.25, -0.2) is 4.74 Å². The third-order valence-corrected chi connectivity index (χ3v) is 9.63. The molecule has 1 aromatic heterocycles. The van der Waals surface area contributed by atoms with Crippen LogP contribution in [-0.2, 0) is 0 Å². The minimum atomic E-state index is -2.47. The predicted molar refractivity (Wildman–Crippen MR) is 132 cm³/mol. The van der Waals surface area contributed by atoms with Crippen LogP contribution < -0.4 is 25.7 Å². The largest absolute Gasteiger partial charge is 0.538 e. The lowest BCUT2D eigenvalue weighted by atomic mass is 10.3. The highest BCUT2D eigenvalue weighted by Gasteiger charge is 2.29. The quantitative estimate of drug-likeness (QED) is 0.254. The van der Waals surface area contributed by atoms with E-state index in [0.717, 1.165) is 15.9 Å². The molecule has 5 nitrogen and oxygen atoms in total. The molecule has 0 aliphatic rings. The summed E-state index contributed by atoms with van der Waals surface area (Å²) < 4.78 is 12.0. The molecule has 162 valence electrons. The molecule has 0 aliphatic heterocycles. The van der Waals surface area contributed by atoms with Crippen molar-refractivity contribution in [3.63, 3.8) is 0 Å². The van der Waals surface area contributed by atoms with E-state index < -0.39 is 13.0 Å². The van der Waals surface area contributed by atoms with E-state index in [2.05, 4.69) is 57.6 Å². The Bertz CT molecular complexity index is 1340. The van der Waals surface area contributed by atoms with Crippen LogP contribution in [-0.4, -0.2) is 5.27 Å². The van der Waals surface area contributed by atoms with Gasteiger partial charge in [-0.05, 0) is 10.7 Å². The Morgan fingerprint density at radius 1 is 0.697 bits per heavy atom. The lowest BCUT2D eigenvalue weighted by molar-refractivity contribution is -0.680. The van der Waals surface area contributed by atoms with E-state index in [-0.39, 0.29) is 4.60 Å². The molecule has 0 bridgehead atoms. The fraction of sp³-hybridized carbons (Fsp3) is 0. The molecular formula is C26H19BrN3O2P. The summed E-state index contributed by atoms with van der Waals surface area (Å²) >= 11 is 3.30. The molecule has 0 spiro atoms. The summed E-state index contributed by atoms with van der Waals surface area (Å²) in [5.41, 5.74) is 1.36. The number of halogens is 1. The Morgan fingerprint density at radius 3 is 1.61 bits per heavy atom. The van der Waals surface area contributed by atoms with Crippen LogP contribution in [0.3, 0.4) is 0 Å². The first-order chi connectivity index (χ1) is 16.2. The van der Waals surface area contributed by atoms with Crippen LogP contribution in [0, 0.1) is 0 Å². The van der Waals surface area contributed by atoms with Gasteiger partial charge in [-0.3, -0.25) is 0 Å². The van der Waals surface area contributed by atoms with Gasteiger partial charge in [0.2, 0.25) is 0 Å². The molecule has 0 N–H and O–H groups in total. The van der Waals surface area contributed by atoms with Gasteiger partial charge in [0, 0.05) is 37.9 Å². The molecule has 4 aromatic carbocycles. The first-order valence-corrected chi connectivity index (χ1v) is 12.9. The maximum absolute atomic E-state index is 12.0. The van der Waals surface area contributed by atoms with Crippen LogP contribution in [0.15, 0.2) is 129 Å². The van der Waals surface area contributed by atoms with Crippen molar-refractivity contribution in [2.45, 2.75) is 0 Å². The van der Waals surface area contributed by atoms with Crippen molar-refractivity contribution in [3.05, 3.63) is 120 Å². The molecule has 0 aliphatic carbocycles. The van der Waals surface area contributed by atoms with Gasteiger partial charge >= 0.3 is 4.60 Å². The molecule has 1 heterocycles. The van der Waals surface area contributed by atoms with Gasteiger partial charge in [0.25, 0.3) is 5.69 Å². The van der Waals surface area contributed by atoms with Gasteiger partial charge in [-0.15, -0.1) is 0 Å². The Labute approximate surface area is 200 Å². The Hall–Kier alpha value is -3.47. The van der Waals surface area contributed by atoms with Crippen molar-refractivity contribution in [1.82, 2.24) is 5.27 Å². The first kappa shape index (κ1) is 21.4. The summed E-state index contributed by atoms with van der Waals surface area (Å²) in [7, 11) is -2.47. The van der Waals surface area contributed by atoms with Crippen molar-refractivity contribution in [3.8, 4) is 11.6 Å². The Balaban J connectivity index is 1.91. The third kappa shape index (κ3) is 3.92. The lowest BCUT2D eigenvalue weighted by Crippen LogP contribution is -2.34. The summed E-state index contributed by atoms with van der Waals surface area (Å²) in [5.74, 6) is -0.542. The van der Waals surface area contributed by atoms with Gasteiger partial charge in [-0.1, -0.05) is 103 Å². The normalized spacial score (nSPS) is 11.3. The molecule has 0 unspecified atom stereocenters. The molecule has 0 radical (unpaired) electrons. The summed E-state index contributed by atoms with van der Waals surface area (Å²) in [6, 6.07) is 38.8. The van der Waals surface area contributed by atoms with Gasteiger partial charge in [0.1, 0.15) is 5.69 Å². The minimum absolute atomic E-state index is 0.216. The van der Waals surface area contributed by atoms with Gasteiger partial charge in [0.15, 0.2) is 5.95 Å². The highest BCUT2D eigenvalue weighted by Crippen LogP contribution is 2.49. The molecule has 0 saturated carbocycles. The molecule has 0 amide bonds. The molecule has 0 atom stereocenters. The van der Waals surface area contributed by atoms with Crippen LogP contribution >= 0.6 is 23.0 Å². The van der Waals surface area contributed by atoms with Crippen molar-refractivity contribution >= 4 is 44.6 Å². The van der Waals surface area contributed by atoms with E-state index in [0.29, 0.717) is 11.4 Å². The molecule has 33 heavy (non-hydrogen) atoms. The number of hydrogen-bond acceptors (Lipinski definition) is 4. The number of hydrogen-bond donors (Lipinski definition) is 0. The Morgan fingerprint density at radius 2 is 1.15 bits per heavy atom.